The number of piperidine rings is 1. The Morgan fingerprint density at radius 1 is 1.44 bits per heavy atom. The largest absolute Gasteiger partial charge is 0.325 e. The van der Waals surface area contributed by atoms with Crippen molar-refractivity contribution < 1.29 is 4.79 Å². The lowest BCUT2D eigenvalue weighted by Crippen LogP contribution is -2.28. The predicted octanol–water partition coefficient (Wildman–Crippen LogP) is 2.11. The molecule has 1 aliphatic heterocycles. The first-order chi connectivity index (χ1) is 8.74. The van der Waals surface area contributed by atoms with Crippen molar-refractivity contribution in [3.63, 3.8) is 0 Å². The lowest BCUT2D eigenvalue weighted by Gasteiger charge is -2.22. The minimum atomic E-state index is 0.0965. The Morgan fingerprint density at radius 2 is 2.22 bits per heavy atom. The number of hydrogen-bond donors (Lipinski definition) is 2. The van der Waals surface area contributed by atoms with Gasteiger partial charge in [-0.1, -0.05) is 0 Å². The Morgan fingerprint density at radius 3 is 2.89 bits per heavy atom. The Labute approximate surface area is 108 Å². The van der Waals surface area contributed by atoms with Gasteiger partial charge in [-0.3, -0.25) is 9.78 Å². The van der Waals surface area contributed by atoms with Crippen LogP contribution in [0.1, 0.15) is 31.4 Å². The lowest BCUT2D eigenvalue weighted by molar-refractivity contribution is -0.116. The molecule has 1 aromatic rings. The van der Waals surface area contributed by atoms with E-state index in [1.54, 1.807) is 6.20 Å². The number of nitrogens with one attached hydrogen (secondary N) is 2. The summed E-state index contributed by atoms with van der Waals surface area (Å²) in [5.74, 6) is 0.798. The van der Waals surface area contributed by atoms with Crippen LogP contribution in [0, 0.1) is 12.8 Å². The molecule has 0 aromatic carbocycles. The molecule has 2 rings (SSSR count). The van der Waals surface area contributed by atoms with Crippen LogP contribution in [-0.2, 0) is 4.79 Å². The van der Waals surface area contributed by atoms with Gasteiger partial charge in [0.05, 0.1) is 11.9 Å². The van der Waals surface area contributed by atoms with Crippen molar-refractivity contribution in [3.05, 3.63) is 24.0 Å². The number of nitrogens with zero attached hydrogens (tertiary/aromatic N) is 1. The molecule has 0 aliphatic carbocycles. The number of aryl methyl sites for hydroxylation is 1. The van der Waals surface area contributed by atoms with Crippen molar-refractivity contribution in [2.45, 2.75) is 32.6 Å². The predicted molar refractivity (Wildman–Crippen MR) is 72.4 cm³/mol. The maximum absolute atomic E-state index is 11.8. The van der Waals surface area contributed by atoms with E-state index >= 15 is 0 Å². The average Bonchev–Trinajstić information content (AvgIpc) is 2.40. The van der Waals surface area contributed by atoms with Crippen LogP contribution < -0.4 is 10.6 Å². The van der Waals surface area contributed by atoms with Gasteiger partial charge >= 0.3 is 0 Å². The van der Waals surface area contributed by atoms with Gasteiger partial charge in [-0.2, -0.15) is 0 Å². The second-order valence-electron chi connectivity index (χ2n) is 4.97. The number of carbonyl (C=O) groups excluding carboxylic acids is 1. The summed E-state index contributed by atoms with van der Waals surface area (Å²) in [6, 6.07) is 3.80. The van der Waals surface area contributed by atoms with E-state index in [1.165, 1.54) is 12.8 Å². The molecule has 4 heteroatoms. The van der Waals surface area contributed by atoms with Gasteiger partial charge in [-0.15, -0.1) is 0 Å². The molecule has 0 spiro atoms. The van der Waals surface area contributed by atoms with Crippen LogP contribution in [0.4, 0.5) is 5.69 Å². The maximum Gasteiger partial charge on any atom is 0.224 e. The van der Waals surface area contributed by atoms with Crippen molar-refractivity contribution in [2.75, 3.05) is 18.4 Å². The number of anilines is 1. The maximum atomic E-state index is 11.8. The third-order valence-electron chi connectivity index (χ3n) is 3.43. The highest BCUT2D eigenvalue weighted by Crippen LogP contribution is 2.18. The summed E-state index contributed by atoms with van der Waals surface area (Å²) >= 11 is 0. The van der Waals surface area contributed by atoms with Crippen molar-refractivity contribution in [3.8, 4) is 0 Å². The van der Waals surface area contributed by atoms with Crippen LogP contribution in [0.2, 0.25) is 0 Å². The van der Waals surface area contributed by atoms with Gasteiger partial charge in [0.1, 0.15) is 0 Å². The van der Waals surface area contributed by atoms with Gasteiger partial charge in [0.2, 0.25) is 5.91 Å². The summed E-state index contributed by atoms with van der Waals surface area (Å²) in [6.45, 7) is 4.12. The monoisotopic (exact) mass is 247 g/mol. The molecule has 0 atom stereocenters. The molecule has 1 fully saturated rings. The van der Waals surface area contributed by atoms with Crippen LogP contribution in [0.3, 0.4) is 0 Å². The fourth-order valence-corrected chi connectivity index (χ4v) is 2.27. The minimum Gasteiger partial charge on any atom is -0.325 e. The molecular formula is C14H21N3O. The Bertz CT molecular complexity index is 383. The second-order valence-corrected chi connectivity index (χ2v) is 4.97. The Kier molecular flexibility index (Phi) is 4.70. The number of hydrogen-bond acceptors (Lipinski definition) is 3. The summed E-state index contributed by atoms with van der Waals surface area (Å²) < 4.78 is 0. The zero-order chi connectivity index (χ0) is 12.8. The fraction of sp³-hybridized carbons (Fsp3) is 0.571. The molecule has 18 heavy (non-hydrogen) atoms. The zero-order valence-corrected chi connectivity index (χ0v) is 10.9. The lowest BCUT2D eigenvalue weighted by atomic mass is 9.93. The zero-order valence-electron chi connectivity index (χ0n) is 10.9. The van der Waals surface area contributed by atoms with Gasteiger partial charge in [0.25, 0.3) is 0 Å². The molecule has 98 valence electrons. The summed E-state index contributed by atoms with van der Waals surface area (Å²) in [4.78, 5) is 15.9. The molecule has 2 N–H and O–H groups in total. The molecule has 2 heterocycles. The van der Waals surface area contributed by atoms with E-state index < -0.39 is 0 Å². The SMILES string of the molecule is Cc1ccc(NC(=O)CCC2CCNCC2)cn1. The number of aromatic nitrogens is 1. The molecule has 0 unspecified atom stereocenters. The van der Waals surface area contributed by atoms with E-state index in [9.17, 15) is 4.79 Å². The van der Waals surface area contributed by atoms with Crippen LogP contribution in [0.5, 0.6) is 0 Å². The van der Waals surface area contributed by atoms with E-state index in [1.807, 2.05) is 19.1 Å². The third-order valence-corrected chi connectivity index (χ3v) is 3.43. The average molecular weight is 247 g/mol. The Hall–Kier alpha value is -1.42. The summed E-state index contributed by atoms with van der Waals surface area (Å²) in [5.41, 5.74) is 1.75. The molecule has 1 aliphatic rings. The third kappa shape index (κ3) is 4.11. The van der Waals surface area contributed by atoms with Crippen LogP contribution in [-0.4, -0.2) is 24.0 Å². The molecule has 0 radical (unpaired) electrons. The van der Waals surface area contributed by atoms with Crippen molar-refractivity contribution in [1.82, 2.24) is 10.3 Å². The number of pyridine rings is 1. The van der Waals surface area contributed by atoms with E-state index in [-0.39, 0.29) is 5.91 Å². The second kappa shape index (κ2) is 6.50. The van der Waals surface area contributed by atoms with Gasteiger partial charge < -0.3 is 10.6 Å². The Balaban J connectivity index is 1.73. The van der Waals surface area contributed by atoms with Crippen molar-refractivity contribution in [2.24, 2.45) is 5.92 Å². The van der Waals surface area contributed by atoms with Gasteiger partial charge in [0, 0.05) is 12.1 Å². The van der Waals surface area contributed by atoms with E-state index in [0.717, 1.165) is 30.9 Å². The number of carbonyl (C=O) groups is 1. The van der Waals surface area contributed by atoms with Crippen LogP contribution in [0.25, 0.3) is 0 Å². The molecular weight excluding hydrogens is 226 g/mol. The molecule has 1 amide bonds. The minimum absolute atomic E-state index is 0.0965. The molecule has 4 nitrogen and oxygen atoms in total. The number of amides is 1. The van der Waals surface area contributed by atoms with Gasteiger partial charge in [-0.25, -0.2) is 0 Å². The highest BCUT2D eigenvalue weighted by atomic mass is 16.1. The van der Waals surface area contributed by atoms with E-state index in [0.29, 0.717) is 12.3 Å². The summed E-state index contributed by atoms with van der Waals surface area (Å²) in [5, 5.41) is 6.23. The first kappa shape index (κ1) is 13.0. The highest BCUT2D eigenvalue weighted by Gasteiger charge is 2.14. The smallest absolute Gasteiger partial charge is 0.224 e. The van der Waals surface area contributed by atoms with Crippen molar-refractivity contribution in [1.29, 1.82) is 0 Å². The number of rotatable bonds is 4. The molecule has 1 saturated heterocycles. The first-order valence-corrected chi connectivity index (χ1v) is 6.67. The quantitative estimate of drug-likeness (QED) is 0.856. The summed E-state index contributed by atoms with van der Waals surface area (Å²) in [7, 11) is 0. The molecule has 0 saturated carbocycles. The summed E-state index contributed by atoms with van der Waals surface area (Å²) in [6.07, 6.45) is 5.70. The van der Waals surface area contributed by atoms with Gasteiger partial charge in [0.15, 0.2) is 0 Å². The van der Waals surface area contributed by atoms with Crippen molar-refractivity contribution >= 4 is 11.6 Å². The first-order valence-electron chi connectivity index (χ1n) is 6.67. The standard InChI is InChI=1S/C14H21N3O/c1-11-2-4-13(10-16-11)17-14(18)5-3-12-6-8-15-9-7-12/h2,4,10,12,15H,3,5-9H2,1H3,(H,17,18). The fourth-order valence-electron chi connectivity index (χ4n) is 2.27. The van der Waals surface area contributed by atoms with Crippen LogP contribution in [0.15, 0.2) is 18.3 Å². The van der Waals surface area contributed by atoms with E-state index in [4.69, 9.17) is 0 Å². The molecule has 0 bridgehead atoms. The molecule has 1 aromatic heterocycles. The normalized spacial score (nSPS) is 16.5. The topological polar surface area (TPSA) is 54.0 Å². The van der Waals surface area contributed by atoms with Gasteiger partial charge in [-0.05, 0) is 57.3 Å². The highest BCUT2D eigenvalue weighted by molar-refractivity contribution is 5.90. The van der Waals surface area contributed by atoms with E-state index in [2.05, 4.69) is 15.6 Å². The van der Waals surface area contributed by atoms with Crippen LogP contribution >= 0.6 is 0 Å².